The molecule has 0 atom stereocenters. The molecule has 3 N–H and O–H groups in total. The molecule has 7 heteroatoms. The molecule has 2 aromatic heterocycles. The molecule has 1 aliphatic heterocycles. The van der Waals surface area contributed by atoms with Crippen LogP contribution in [0.5, 0.6) is 0 Å². The first-order valence-electron chi connectivity index (χ1n) is 10.7. The fourth-order valence-corrected chi connectivity index (χ4v) is 4.35. The third-order valence-electron chi connectivity index (χ3n) is 6.08. The Kier molecular flexibility index (Phi) is 5.57. The Morgan fingerprint density at radius 3 is 2.56 bits per heavy atom. The number of anilines is 1. The molecule has 1 aliphatic rings. The van der Waals surface area contributed by atoms with Crippen LogP contribution in [0.4, 0.5) is 18.9 Å². The van der Waals surface area contributed by atoms with Crippen molar-refractivity contribution in [2.24, 2.45) is 0 Å². The van der Waals surface area contributed by atoms with Crippen LogP contribution < -0.4 is 10.6 Å². The summed E-state index contributed by atoms with van der Waals surface area (Å²) in [5, 5.41) is 7.31. The highest BCUT2D eigenvalue weighted by Gasteiger charge is 2.19. The molecule has 0 aliphatic carbocycles. The van der Waals surface area contributed by atoms with E-state index in [1.165, 1.54) is 6.07 Å². The molecule has 0 saturated carbocycles. The summed E-state index contributed by atoms with van der Waals surface area (Å²) in [4.78, 5) is 7.86. The van der Waals surface area contributed by atoms with Gasteiger partial charge in [-0.15, -0.1) is 0 Å². The van der Waals surface area contributed by atoms with Gasteiger partial charge < -0.3 is 15.6 Å². The van der Waals surface area contributed by atoms with Gasteiger partial charge in [0.15, 0.2) is 0 Å². The van der Waals surface area contributed by atoms with Crippen molar-refractivity contribution in [3.05, 3.63) is 83.4 Å². The second kappa shape index (κ2) is 8.67. The largest absolute Gasteiger partial charge is 0.381 e. The number of hydrogen-bond acceptors (Lipinski definition) is 3. The lowest BCUT2D eigenvalue weighted by molar-refractivity contribution is 0.455. The van der Waals surface area contributed by atoms with E-state index >= 15 is 0 Å². The molecule has 1 fully saturated rings. The minimum atomic E-state index is -0.501. The SMILES string of the molecule is Fc1ccc(F)c(CNc2ccc(F)c(-c3ccnc4[nH]c(C5CCNCC5)cc34)c2)c1. The standard InChI is InChI=1S/C25H23F3N4/c26-17-1-3-22(27)16(11-17)14-31-18-2-4-23(28)20(12-18)19-7-10-30-25-21(19)13-24(32-25)15-5-8-29-9-6-15/h1-4,7,10-13,15,29,31H,5-6,8-9,14H2,(H,30,32). The second-order valence-corrected chi connectivity index (χ2v) is 8.15. The molecular formula is C25H23F3N4. The highest BCUT2D eigenvalue weighted by molar-refractivity contribution is 5.94. The number of fused-ring (bicyclic) bond motifs is 1. The van der Waals surface area contributed by atoms with E-state index in [4.69, 9.17) is 0 Å². The lowest BCUT2D eigenvalue weighted by Crippen LogP contribution is -2.26. The van der Waals surface area contributed by atoms with Crippen LogP contribution in [-0.2, 0) is 6.54 Å². The van der Waals surface area contributed by atoms with Crippen molar-refractivity contribution >= 4 is 16.7 Å². The Balaban J connectivity index is 1.46. The van der Waals surface area contributed by atoms with Crippen molar-refractivity contribution in [3.8, 4) is 11.1 Å². The van der Waals surface area contributed by atoms with Gasteiger partial charge in [-0.1, -0.05) is 0 Å². The van der Waals surface area contributed by atoms with Gasteiger partial charge in [0.1, 0.15) is 23.1 Å². The summed E-state index contributed by atoms with van der Waals surface area (Å²) in [6.45, 7) is 2.05. The molecule has 32 heavy (non-hydrogen) atoms. The van der Waals surface area contributed by atoms with Crippen molar-refractivity contribution in [1.82, 2.24) is 15.3 Å². The van der Waals surface area contributed by atoms with Crippen LogP contribution in [0.3, 0.4) is 0 Å². The maximum atomic E-state index is 14.8. The van der Waals surface area contributed by atoms with Crippen LogP contribution in [0.25, 0.3) is 22.2 Å². The molecule has 0 unspecified atom stereocenters. The number of aromatic amines is 1. The molecule has 1 saturated heterocycles. The number of nitrogens with zero attached hydrogens (tertiary/aromatic N) is 1. The third-order valence-corrected chi connectivity index (χ3v) is 6.08. The zero-order valence-corrected chi connectivity index (χ0v) is 17.4. The monoisotopic (exact) mass is 436 g/mol. The maximum Gasteiger partial charge on any atom is 0.138 e. The minimum Gasteiger partial charge on any atom is -0.381 e. The van der Waals surface area contributed by atoms with Crippen LogP contribution in [0.2, 0.25) is 0 Å². The smallest absolute Gasteiger partial charge is 0.138 e. The molecule has 4 nitrogen and oxygen atoms in total. The van der Waals surface area contributed by atoms with Gasteiger partial charge in [-0.2, -0.15) is 0 Å². The molecule has 0 amide bonds. The highest BCUT2D eigenvalue weighted by Crippen LogP contribution is 2.34. The lowest BCUT2D eigenvalue weighted by Gasteiger charge is -2.21. The van der Waals surface area contributed by atoms with Crippen LogP contribution >= 0.6 is 0 Å². The van der Waals surface area contributed by atoms with Gasteiger partial charge in [0, 0.05) is 46.6 Å². The number of hydrogen-bond donors (Lipinski definition) is 3. The van der Waals surface area contributed by atoms with Crippen LogP contribution in [0.1, 0.15) is 30.0 Å². The van der Waals surface area contributed by atoms with Crippen molar-refractivity contribution < 1.29 is 13.2 Å². The van der Waals surface area contributed by atoms with Crippen LogP contribution in [0, 0.1) is 17.5 Å². The van der Waals surface area contributed by atoms with Crippen LogP contribution in [-0.4, -0.2) is 23.1 Å². The van der Waals surface area contributed by atoms with Gasteiger partial charge in [-0.05, 0) is 80.0 Å². The first-order chi connectivity index (χ1) is 15.6. The lowest BCUT2D eigenvalue weighted by atomic mass is 9.94. The van der Waals surface area contributed by atoms with E-state index in [0.29, 0.717) is 17.2 Å². The number of benzene rings is 2. The second-order valence-electron chi connectivity index (χ2n) is 8.15. The van der Waals surface area contributed by atoms with Crippen LogP contribution in [0.15, 0.2) is 54.7 Å². The predicted octanol–water partition coefficient (Wildman–Crippen LogP) is 5.73. The predicted molar refractivity (Wildman–Crippen MR) is 120 cm³/mol. The number of aromatic nitrogens is 2. The topological polar surface area (TPSA) is 52.7 Å². The number of nitrogens with one attached hydrogen (secondary N) is 3. The first-order valence-corrected chi connectivity index (χ1v) is 10.7. The number of H-pyrrole nitrogens is 1. The molecule has 0 radical (unpaired) electrons. The van der Waals surface area contributed by atoms with Gasteiger partial charge in [-0.3, -0.25) is 0 Å². The van der Waals surface area contributed by atoms with Crippen molar-refractivity contribution in [2.45, 2.75) is 25.3 Å². The highest BCUT2D eigenvalue weighted by atomic mass is 19.1. The van der Waals surface area contributed by atoms with Gasteiger partial charge in [-0.25, -0.2) is 18.2 Å². The molecule has 164 valence electrons. The summed E-state index contributed by atoms with van der Waals surface area (Å²) in [5.41, 5.74) is 3.85. The average molecular weight is 436 g/mol. The van der Waals surface area contributed by atoms with Gasteiger partial charge in [0.2, 0.25) is 0 Å². The number of piperidine rings is 1. The molecule has 0 bridgehead atoms. The summed E-state index contributed by atoms with van der Waals surface area (Å²) in [6, 6.07) is 11.9. The Bertz CT molecular complexity index is 1260. The Hall–Kier alpha value is -3.32. The molecule has 2 aromatic carbocycles. The molecular weight excluding hydrogens is 413 g/mol. The van der Waals surface area contributed by atoms with E-state index in [-0.39, 0.29) is 17.9 Å². The average Bonchev–Trinajstić information content (AvgIpc) is 3.26. The fourth-order valence-electron chi connectivity index (χ4n) is 4.35. The zero-order chi connectivity index (χ0) is 22.1. The maximum absolute atomic E-state index is 14.8. The number of rotatable bonds is 5. The molecule has 4 aromatic rings. The third kappa shape index (κ3) is 4.08. The summed E-state index contributed by atoms with van der Waals surface area (Å²) in [5.74, 6) is -0.920. The minimum absolute atomic E-state index is 0.0877. The molecule has 0 spiro atoms. The molecule has 3 heterocycles. The van der Waals surface area contributed by atoms with Gasteiger partial charge in [0.25, 0.3) is 0 Å². The van der Waals surface area contributed by atoms with Crippen molar-refractivity contribution in [2.75, 3.05) is 18.4 Å². The van der Waals surface area contributed by atoms with Gasteiger partial charge >= 0.3 is 0 Å². The Morgan fingerprint density at radius 2 is 1.72 bits per heavy atom. The van der Waals surface area contributed by atoms with Gasteiger partial charge in [0.05, 0.1) is 0 Å². The number of pyridine rings is 1. The van der Waals surface area contributed by atoms with Crippen molar-refractivity contribution in [1.29, 1.82) is 0 Å². The van der Waals surface area contributed by atoms with E-state index in [1.807, 2.05) is 0 Å². The van der Waals surface area contributed by atoms with E-state index in [1.54, 1.807) is 24.4 Å². The zero-order valence-electron chi connectivity index (χ0n) is 17.4. The fraction of sp³-hybridized carbons (Fsp3) is 0.240. The number of halogens is 3. The quantitative estimate of drug-likeness (QED) is 0.375. The van der Waals surface area contributed by atoms with E-state index < -0.39 is 11.6 Å². The van der Waals surface area contributed by atoms with E-state index in [2.05, 4.69) is 26.7 Å². The summed E-state index contributed by atoms with van der Waals surface area (Å²) in [7, 11) is 0. The van der Waals surface area contributed by atoms with E-state index in [0.717, 1.165) is 66.4 Å². The van der Waals surface area contributed by atoms with Crippen molar-refractivity contribution in [3.63, 3.8) is 0 Å². The summed E-state index contributed by atoms with van der Waals surface area (Å²) >= 11 is 0. The Labute approximate surface area is 183 Å². The first kappa shape index (κ1) is 20.6. The summed E-state index contributed by atoms with van der Waals surface area (Å²) in [6.07, 6.45) is 3.77. The van der Waals surface area contributed by atoms with E-state index in [9.17, 15) is 13.2 Å². The normalized spacial score (nSPS) is 14.7. The molecule has 5 rings (SSSR count). The summed E-state index contributed by atoms with van der Waals surface area (Å²) < 4.78 is 42.2. The Morgan fingerprint density at radius 1 is 0.906 bits per heavy atom.